The lowest BCUT2D eigenvalue weighted by molar-refractivity contribution is 0.206. The molecule has 1 atom stereocenters. The molecule has 1 aromatic heterocycles. The molecule has 7 heteroatoms. The van der Waals surface area contributed by atoms with Crippen molar-refractivity contribution in [1.82, 2.24) is 9.29 Å². The largest absolute Gasteiger partial charge is 0.494 e. The van der Waals surface area contributed by atoms with Gasteiger partial charge in [-0.2, -0.15) is 4.31 Å². The normalized spacial score (nSPS) is 18.2. The van der Waals surface area contributed by atoms with Gasteiger partial charge in [0.25, 0.3) is 0 Å². The molecular weight excluding hydrogens is 340 g/mol. The summed E-state index contributed by atoms with van der Waals surface area (Å²) in [5.74, 6) is 1.19. The van der Waals surface area contributed by atoms with Gasteiger partial charge in [0.1, 0.15) is 11.9 Å². The second kappa shape index (κ2) is 7.41. The van der Waals surface area contributed by atoms with Crippen LogP contribution >= 0.6 is 0 Å². The van der Waals surface area contributed by atoms with Crippen LogP contribution in [0.3, 0.4) is 0 Å². The molecule has 25 heavy (non-hydrogen) atoms. The van der Waals surface area contributed by atoms with Gasteiger partial charge < -0.3 is 9.47 Å². The average molecular weight is 362 g/mol. The Morgan fingerprint density at radius 3 is 2.64 bits per heavy atom. The molecule has 0 radical (unpaired) electrons. The zero-order valence-electron chi connectivity index (χ0n) is 14.4. The van der Waals surface area contributed by atoms with E-state index in [2.05, 4.69) is 4.98 Å². The summed E-state index contributed by atoms with van der Waals surface area (Å²) in [5.41, 5.74) is 0.870. The Labute approximate surface area is 148 Å². The average Bonchev–Trinajstić information content (AvgIpc) is 3.05. The van der Waals surface area contributed by atoms with Crippen molar-refractivity contribution in [2.45, 2.75) is 31.3 Å². The van der Waals surface area contributed by atoms with Crippen LogP contribution in [0.2, 0.25) is 0 Å². The highest BCUT2D eigenvalue weighted by molar-refractivity contribution is 7.89. The van der Waals surface area contributed by atoms with Crippen LogP contribution in [-0.2, 0) is 10.0 Å². The first-order valence-corrected chi connectivity index (χ1v) is 9.76. The molecule has 0 amide bonds. The molecular formula is C18H22N2O4S. The smallest absolute Gasteiger partial charge is 0.243 e. The molecule has 1 aromatic carbocycles. The van der Waals surface area contributed by atoms with Crippen LogP contribution < -0.4 is 9.47 Å². The van der Waals surface area contributed by atoms with E-state index in [-0.39, 0.29) is 11.0 Å². The number of hydrogen-bond donors (Lipinski definition) is 0. The molecule has 0 bridgehead atoms. The molecule has 1 unspecified atom stereocenters. The fourth-order valence-corrected chi connectivity index (χ4v) is 4.28. The van der Waals surface area contributed by atoms with Crippen molar-refractivity contribution >= 4 is 10.0 Å². The number of rotatable bonds is 6. The van der Waals surface area contributed by atoms with Crippen molar-refractivity contribution in [1.29, 1.82) is 0 Å². The van der Waals surface area contributed by atoms with Crippen LogP contribution in [-0.4, -0.2) is 43.5 Å². The molecule has 1 saturated heterocycles. The topological polar surface area (TPSA) is 68.7 Å². The molecule has 0 aliphatic carbocycles. The Kier molecular flexibility index (Phi) is 5.24. The first-order valence-electron chi connectivity index (χ1n) is 8.32. The quantitative estimate of drug-likeness (QED) is 0.790. The molecule has 0 spiro atoms. The summed E-state index contributed by atoms with van der Waals surface area (Å²) < 4.78 is 38.2. The maximum absolute atomic E-state index is 12.8. The summed E-state index contributed by atoms with van der Waals surface area (Å²) in [6.45, 7) is 5.09. The van der Waals surface area contributed by atoms with Gasteiger partial charge in [0.2, 0.25) is 15.9 Å². The van der Waals surface area contributed by atoms with Gasteiger partial charge in [-0.25, -0.2) is 13.4 Å². The minimum Gasteiger partial charge on any atom is -0.494 e. The molecule has 1 aliphatic rings. The SMILES string of the molecule is CCOc1ccc(S(=O)(=O)N2CCC(Oc3cccc(C)n3)C2)cc1. The molecule has 6 nitrogen and oxygen atoms in total. The Morgan fingerprint density at radius 2 is 1.96 bits per heavy atom. The van der Waals surface area contributed by atoms with Gasteiger partial charge >= 0.3 is 0 Å². The molecule has 134 valence electrons. The number of aryl methyl sites for hydroxylation is 1. The van der Waals surface area contributed by atoms with Crippen molar-refractivity contribution in [2.24, 2.45) is 0 Å². The molecule has 2 aromatic rings. The van der Waals surface area contributed by atoms with Crippen molar-refractivity contribution in [3.63, 3.8) is 0 Å². The lowest BCUT2D eigenvalue weighted by atomic mass is 10.3. The second-order valence-corrected chi connectivity index (χ2v) is 7.85. The number of benzene rings is 1. The highest BCUT2D eigenvalue weighted by Gasteiger charge is 2.33. The Hall–Kier alpha value is -2.12. The minimum absolute atomic E-state index is 0.188. The summed E-state index contributed by atoms with van der Waals surface area (Å²) in [6.07, 6.45) is 0.457. The first kappa shape index (κ1) is 17.7. The fraction of sp³-hybridized carbons (Fsp3) is 0.389. The zero-order valence-corrected chi connectivity index (χ0v) is 15.2. The van der Waals surface area contributed by atoms with Gasteiger partial charge in [-0.1, -0.05) is 6.07 Å². The van der Waals surface area contributed by atoms with Crippen molar-refractivity contribution < 1.29 is 17.9 Å². The van der Waals surface area contributed by atoms with Crippen LogP contribution in [0, 0.1) is 6.92 Å². The van der Waals surface area contributed by atoms with E-state index >= 15 is 0 Å². The lowest BCUT2D eigenvalue weighted by Gasteiger charge is -2.17. The van der Waals surface area contributed by atoms with Gasteiger partial charge in [0, 0.05) is 18.3 Å². The van der Waals surface area contributed by atoms with Crippen molar-refractivity contribution in [2.75, 3.05) is 19.7 Å². The van der Waals surface area contributed by atoms with E-state index < -0.39 is 10.0 Å². The highest BCUT2D eigenvalue weighted by Crippen LogP contribution is 2.25. The summed E-state index contributed by atoms with van der Waals surface area (Å²) >= 11 is 0. The van der Waals surface area contributed by atoms with E-state index in [1.807, 2.05) is 26.0 Å². The van der Waals surface area contributed by atoms with Crippen LogP contribution in [0.15, 0.2) is 47.4 Å². The number of pyridine rings is 1. The Balaban J connectivity index is 1.67. The number of ether oxygens (including phenoxy) is 2. The number of hydrogen-bond acceptors (Lipinski definition) is 5. The van der Waals surface area contributed by atoms with Gasteiger partial charge in [0.15, 0.2) is 0 Å². The maximum Gasteiger partial charge on any atom is 0.243 e. The second-order valence-electron chi connectivity index (χ2n) is 5.91. The third-order valence-corrected chi connectivity index (χ3v) is 5.91. The van der Waals surface area contributed by atoms with Crippen LogP contribution in [0.5, 0.6) is 11.6 Å². The monoisotopic (exact) mass is 362 g/mol. The number of sulfonamides is 1. The van der Waals surface area contributed by atoms with E-state index in [0.29, 0.717) is 37.7 Å². The van der Waals surface area contributed by atoms with E-state index in [4.69, 9.17) is 9.47 Å². The zero-order chi connectivity index (χ0) is 17.9. The van der Waals surface area contributed by atoms with Gasteiger partial charge in [-0.15, -0.1) is 0 Å². The molecule has 3 rings (SSSR count). The van der Waals surface area contributed by atoms with E-state index in [0.717, 1.165) is 5.69 Å². The third kappa shape index (κ3) is 4.11. The molecule has 1 aliphatic heterocycles. The Morgan fingerprint density at radius 1 is 1.20 bits per heavy atom. The maximum atomic E-state index is 12.8. The van der Waals surface area contributed by atoms with Crippen LogP contribution in [0.1, 0.15) is 19.0 Å². The fourth-order valence-electron chi connectivity index (χ4n) is 2.79. The summed E-state index contributed by atoms with van der Waals surface area (Å²) in [5, 5.41) is 0. The molecule has 1 fully saturated rings. The summed E-state index contributed by atoms with van der Waals surface area (Å²) in [6, 6.07) is 12.1. The standard InChI is InChI=1S/C18H22N2O4S/c1-3-23-15-7-9-17(10-8-15)25(21,22)20-12-11-16(13-20)24-18-6-4-5-14(2)19-18/h4-10,16H,3,11-13H2,1-2H3. The van der Waals surface area contributed by atoms with Crippen molar-refractivity contribution in [3.05, 3.63) is 48.2 Å². The van der Waals surface area contributed by atoms with E-state index in [1.165, 1.54) is 4.31 Å². The van der Waals surface area contributed by atoms with E-state index in [9.17, 15) is 8.42 Å². The summed E-state index contributed by atoms with van der Waals surface area (Å²) in [4.78, 5) is 4.57. The van der Waals surface area contributed by atoms with E-state index in [1.54, 1.807) is 30.3 Å². The third-order valence-electron chi connectivity index (χ3n) is 4.03. The molecule has 0 saturated carbocycles. The molecule has 2 heterocycles. The minimum atomic E-state index is -3.53. The number of aromatic nitrogens is 1. The Bertz CT molecular complexity index is 821. The van der Waals surface area contributed by atoms with Crippen LogP contribution in [0.25, 0.3) is 0 Å². The predicted octanol–water partition coefficient (Wildman–Crippen LogP) is 2.63. The molecule has 0 N–H and O–H groups in total. The highest BCUT2D eigenvalue weighted by atomic mass is 32.2. The lowest BCUT2D eigenvalue weighted by Crippen LogP contribution is -2.31. The van der Waals surface area contributed by atoms with Gasteiger partial charge in [-0.05, 0) is 50.6 Å². The number of nitrogens with zero attached hydrogens (tertiary/aromatic N) is 2. The van der Waals surface area contributed by atoms with Crippen molar-refractivity contribution in [3.8, 4) is 11.6 Å². The predicted molar refractivity (Wildman–Crippen MR) is 94.4 cm³/mol. The first-order chi connectivity index (χ1) is 12.0. The van der Waals surface area contributed by atoms with Crippen LogP contribution in [0.4, 0.5) is 0 Å². The van der Waals surface area contributed by atoms with Gasteiger partial charge in [0.05, 0.1) is 18.0 Å². The van der Waals surface area contributed by atoms with Gasteiger partial charge in [-0.3, -0.25) is 0 Å². The summed E-state index contributed by atoms with van der Waals surface area (Å²) in [7, 11) is -3.53.